The average molecular weight is 271 g/mol. The highest BCUT2D eigenvalue weighted by Crippen LogP contribution is 2.32. The normalized spacial score (nSPS) is 12.6. The van der Waals surface area contributed by atoms with Crippen LogP contribution in [-0.4, -0.2) is 23.7 Å². The second-order valence-electron chi connectivity index (χ2n) is 2.95. The third kappa shape index (κ3) is 1.87. The Hall–Kier alpha value is -1.36. The molecule has 0 amide bonds. The van der Waals surface area contributed by atoms with Crippen molar-refractivity contribution in [2.75, 3.05) is 12.1 Å². The molecule has 0 fully saturated rings. The molecular weight excluding hydrogens is 264 g/mol. The molecule has 4 nitrogen and oxygen atoms in total. The van der Waals surface area contributed by atoms with E-state index in [0.29, 0.717) is 17.1 Å². The number of ketones is 2. The van der Waals surface area contributed by atoms with Gasteiger partial charge in [-0.2, -0.15) is 0 Å². The summed E-state index contributed by atoms with van der Waals surface area (Å²) in [7, 11) is 0. The van der Waals surface area contributed by atoms with Gasteiger partial charge in [0.2, 0.25) is 18.4 Å². The van der Waals surface area contributed by atoms with Gasteiger partial charge in [0.15, 0.2) is 11.5 Å². The Balaban J connectivity index is 2.30. The fourth-order valence-corrected chi connectivity index (χ4v) is 1.51. The van der Waals surface area contributed by atoms with Crippen molar-refractivity contribution in [3.8, 4) is 11.5 Å². The number of hydrogen-bond acceptors (Lipinski definition) is 4. The maximum Gasteiger partial charge on any atom is 0.231 e. The van der Waals surface area contributed by atoms with Gasteiger partial charge in [0, 0.05) is 5.56 Å². The number of benzene rings is 1. The lowest BCUT2D eigenvalue weighted by Gasteiger charge is -1.99. The molecule has 5 heteroatoms. The highest BCUT2D eigenvalue weighted by molar-refractivity contribution is 9.09. The van der Waals surface area contributed by atoms with Gasteiger partial charge in [-0.1, -0.05) is 15.9 Å². The average Bonchev–Trinajstić information content (AvgIpc) is 2.73. The van der Waals surface area contributed by atoms with E-state index in [1.165, 1.54) is 6.07 Å². The Morgan fingerprint density at radius 3 is 2.73 bits per heavy atom. The third-order valence-corrected chi connectivity index (χ3v) is 2.52. The first-order valence-corrected chi connectivity index (χ1v) is 5.37. The van der Waals surface area contributed by atoms with E-state index in [2.05, 4.69) is 15.9 Å². The maximum absolute atomic E-state index is 11.5. The lowest BCUT2D eigenvalue weighted by Crippen LogP contribution is -2.14. The van der Waals surface area contributed by atoms with E-state index >= 15 is 0 Å². The molecule has 0 bridgehead atoms. The summed E-state index contributed by atoms with van der Waals surface area (Å²) >= 11 is 2.95. The van der Waals surface area contributed by atoms with Crippen molar-refractivity contribution in [3.05, 3.63) is 23.8 Å². The van der Waals surface area contributed by atoms with Gasteiger partial charge in [-0.15, -0.1) is 0 Å². The van der Waals surface area contributed by atoms with Gasteiger partial charge in [0.05, 0.1) is 5.33 Å². The Bertz CT molecular complexity index is 427. The van der Waals surface area contributed by atoms with E-state index in [1.807, 2.05) is 0 Å². The number of alkyl halides is 1. The minimum Gasteiger partial charge on any atom is -0.454 e. The lowest BCUT2D eigenvalue weighted by molar-refractivity contribution is -0.112. The van der Waals surface area contributed by atoms with Crippen LogP contribution in [0.25, 0.3) is 0 Å². The molecule has 0 radical (unpaired) electrons. The molecule has 15 heavy (non-hydrogen) atoms. The first-order valence-electron chi connectivity index (χ1n) is 4.25. The molecule has 1 aliphatic rings. The third-order valence-electron chi connectivity index (χ3n) is 2.01. The molecule has 0 aliphatic carbocycles. The van der Waals surface area contributed by atoms with Crippen LogP contribution in [0.3, 0.4) is 0 Å². The number of hydrogen-bond donors (Lipinski definition) is 0. The zero-order valence-electron chi connectivity index (χ0n) is 7.66. The van der Waals surface area contributed by atoms with E-state index in [4.69, 9.17) is 9.47 Å². The van der Waals surface area contributed by atoms with Crippen LogP contribution in [0, 0.1) is 0 Å². The van der Waals surface area contributed by atoms with Gasteiger partial charge < -0.3 is 9.47 Å². The highest BCUT2D eigenvalue weighted by Gasteiger charge is 2.19. The van der Waals surface area contributed by atoms with Gasteiger partial charge in [0.25, 0.3) is 0 Å². The molecule has 1 aromatic carbocycles. The number of carbonyl (C=O) groups excluding carboxylic acids is 2. The minimum atomic E-state index is -0.523. The Kier molecular flexibility index (Phi) is 2.73. The lowest BCUT2D eigenvalue weighted by atomic mass is 10.1. The van der Waals surface area contributed by atoms with Crippen molar-refractivity contribution in [2.45, 2.75) is 0 Å². The minimum absolute atomic E-state index is 0.0281. The molecular formula is C10H7BrO4. The van der Waals surface area contributed by atoms with Crippen LogP contribution < -0.4 is 9.47 Å². The zero-order valence-corrected chi connectivity index (χ0v) is 9.24. The predicted octanol–water partition coefficient (Wildman–Crippen LogP) is 1.56. The summed E-state index contributed by atoms with van der Waals surface area (Å²) in [4.78, 5) is 22.6. The monoisotopic (exact) mass is 270 g/mol. The second-order valence-corrected chi connectivity index (χ2v) is 3.51. The fraction of sp³-hybridized carbons (Fsp3) is 0.200. The van der Waals surface area contributed by atoms with Crippen LogP contribution >= 0.6 is 15.9 Å². The summed E-state index contributed by atoms with van der Waals surface area (Å²) < 4.78 is 10.2. The van der Waals surface area contributed by atoms with Crippen molar-refractivity contribution in [1.29, 1.82) is 0 Å². The first-order chi connectivity index (χ1) is 7.22. The summed E-state index contributed by atoms with van der Waals surface area (Å²) in [6.07, 6.45) is 0. The standard InChI is InChI=1S/C10H7BrO4/c11-4-7(12)10(13)6-1-2-8-9(3-6)15-5-14-8/h1-3H,4-5H2. The molecule has 0 aromatic heterocycles. The predicted molar refractivity (Wildman–Crippen MR) is 55.7 cm³/mol. The summed E-state index contributed by atoms with van der Waals surface area (Å²) in [5, 5.41) is 0.0281. The Morgan fingerprint density at radius 1 is 1.27 bits per heavy atom. The van der Waals surface area contributed by atoms with E-state index in [1.54, 1.807) is 12.1 Å². The van der Waals surface area contributed by atoms with Crippen LogP contribution in [0.15, 0.2) is 18.2 Å². The largest absolute Gasteiger partial charge is 0.454 e. The molecule has 1 aliphatic heterocycles. The summed E-state index contributed by atoms with van der Waals surface area (Å²) in [6, 6.07) is 4.69. The van der Waals surface area contributed by atoms with Crippen molar-refractivity contribution in [3.63, 3.8) is 0 Å². The van der Waals surface area contributed by atoms with Crippen LogP contribution in [-0.2, 0) is 4.79 Å². The van der Waals surface area contributed by atoms with Crippen LogP contribution in [0.4, 0.5) is 0 Å². The fourth-order valence-electron chi connectivity index (χ4n) is 1.26. The highest BCUT2D eigenvalue weighted by atomic mass is 79.9. The van der Waals surface area contributed by atoms with E-state index < -0.39 is 11.6 Å². The summed E-state index contributed by atoms with van der Waals surface area (Å²) in [5.74, 6) is 0.0973. The molecule has 78 valence electrons. The number of carbonyl (C=O) groups is 2. The molecule has 1 aromatic rings. The van der Waals surface area contributed by atoms with Crippen molar-refractivity contribution in [1.82, 2.24) is 0 Å². The maximum atomic E-state index is 11.5. The number of fused-ring (bicyclic) bond motifs is 1. The number of Topliss-reactive ketones (excluding diaryl/α,β-unsaturated/α-hetero) is 2. The van der Waals surface area contributed by atoms with E-state index in [0.717, 1.165) is 0 Å². The molecule has 1 heterocycles. The molecule has 2 rings (SSSR count). The Morgan fingerprint density at radius 2 is 2.00 bits per heavy atom. The van der Waals surface area contributed by atoms with Crippen LogP contribution in [0.5, 0.6) is 11.5 Å². The number of rotatable bonds is 3. The van der Waals surface area contributed by atoms with E-state index in [9.17, 15) is 9.59 Å². The number of ether oxygens (including phenoxy) is 2. The van der Waals surface area contributed by atoms with Gasteiger partial charge >= 0.3 is 0 Å². The van der Waals surface area contributed by atoms with Crippen molar-refractivity contribution in [2.24, 2.45) is 0 Å². The second kappa shape index (κ2) is 4.02. The van der Waals surface area contributed by atoms with Gasteiger partial charge in [-0.05, 0) is 18.2 Å². The van der Waals surface area contributed by atoms with Gasteiger partial charge in [0.1, 0.15) is 0 Å². The van der Waals surface area contributed by atoms with Crippen molar-refractivity contribution >= 4 is 27.5 Å². The van der Waals surface area contributed by atoms with Gasteiger partial charge in [-0.25, -0.2) is 0 Å². The first kappa shape index (κ1) is 10.2. The van der Waals surface area contributed by atoms with Crippen LogP contribution in [0.2, 0.25) is 0 Å². The molecule has 0 saturated heterocycles. The quantitative estimate of drug-likeness (QED) is 0.475. The molecule has 0 atom stereocenters. The SMILES string of the molecule is O=C(CBr)C(=O)c1ccc2c(c1)OCO2. The molecule has 0 N–H and O–H groups in total. The molecule has 0 saturated carbocycles. The summed E-state index contributed by atoms with van der Waals surface area (Å²) in [6.45, 7) is 0.152. The molecule has 0 unspecified atom stereocenters. The van der Waals surface area contributed by atoms with E-state index in [-0.39, 0.29) is 12.1 Å². The van der Waals surface area contributed by atoms with Crippen LogP contribution in [0.1, 0.15) is 10.4 Å². The smallest absolute Gasteiger partial charge is 0.231 e. The zero-order chi connectivity index (χ0) is 10.8. The number of halogens is 1. The van der Waals surface area contributed by atoms with Crippen molar-refractivity contribution < 1.29 is 19.1 Å². The molecule has 0 spiro atoms. The topological polar surface area (TPSA) is 52.6 Å². The Labute approximate surface area is 94.3 Å². The summed E-state index contributed by atoms with van der Waals surface area (Å²) in [5.41, 5.74) is 0.323. The van der Waals surface area contributed by atoms with Gasteiger partial charge in [-0.3, -0.25) is 9.59 Å².